The second-order valence-electron chi connectivity index (χ2n) is 7.18. The molecule has 1 N–H and O–H groups in total. The van der Waals surface area contributed by atoms with Crippen LogP contribution in [0.25, 0.3) is 10.2 Å². The summed E-state index contributed by atoms with van der Waals surface area (Å²) in [7, 11) is 0. The van der Waals surface area contributed by atoms with E-state index in [0.717, 1.165) is 29.7 Å². The lowest BCUT2D eigenvalue weighted by Gasteiger charge is -2.17. The molecule has 0 aliphatic heterocycles. The minimum atomic E-state index is -0.415. The van der Waals surface area contributed by atoms with Crippen molar-refractivity contribution in [1.82, 2.24) is 15.0 Å². The Balaban J connectivity index is 1.49. The highest BCUT2D eigenvalue weighted by Crippen LogP contribution is 2.35. The molecule has 1 atom stereocenters. The fourth-order valence-electron chi connectivity index (χ4n) is 3.44. The average molecular weight is 449 g/mol. The van der Waals surface area contributed by atoms with Crippen molar-refractivity contribution in [3.8, 4) is 0 Å². The molecule has 0 fully saturated rings. The number of carbonyl (C=O) groups is 1. The van der Waals surface area contributed by atoms with Crippen LogP contribution in [0, 0.1) is 5.92 Å². The van der Waals surface area contributed by atoms with Crippen molar-refractivity contribution in [1.29, 1.82) is 0 Å². The predicted molar refractivity (Wildman–Crippen MR) is 117 cm³/mol. The third-order valence-corrected chi connectivity index (χ3v) is 6.84. The Kier molecular flexibility index (Phi) is 5.72. The molecule has 0 saturated heterocycles. The van der Waals surface area contributed by atoms with Crippen LogP contribution < -0.4 is 11.0 Å². The van der Waals surface area contributed by atoms with E-state index in [4.69, 9.17) is 23.2 Å². The van der Waals surface area contributed by atoms with Gasteiger partial charge in [-0.05, 0) is 48.4 Å². The smallest absolute Gasteiger partial charge is 0.262 e. The van der Waals surface area contributed by atoms with Crippen LogP contribution in [0.4, 0.5) is 0 Å². The fourth-order valence-corrected chi connectivity index (χ4v) is 5.09. The molecule has 9 heteroatoms. The van der Waals surface area contributed by atoms with E-state index in [0.29, 0.717) is 26.9 Å². The van der Waals surface area contributed by atoms with Crippen LogP contribution in [0.3, 0.4) is 0 Å². The molecule has 4 rings (SSSR count). The predicted octanol–water partition coefficient (Wildman–Crippen LogP) is 4.04. The molecule has 1 aromatic carbocycles. The summed E-state index contributed by atoms with van der Waals surface area (Å²) in [6, 6.07) is 5.02. The number of hydrogen-bond donors (Lipinski definition) is 1. The molecule has 0 radical (unpaired) electrons. The van der Waals surface area contributed by atoms with Crippen LogP contribution in [0.15, 0.2) is 34.4 Å². The van der Waals surface area contributed by atoms with E-state index in [2.05, 4.69) is 22.4 Å². The molecule has 0 spiro atoms. The molecule has 0 bridgehead atoms. The summed E-state index contributed by atoms with van der Waals surface area (Å²) in [5.41, 5.74) is 4.04. The average Bonchev–Trinajstić information content (AvgIpc) is 3.05. The van der Waals surface area contributed by atoms with E-state index in [1.54, 1.807) is 29.5 Å². The molecule has 29 heavy (non-hydrogen) atoms. The Bertz CT molecular complexity index is 1190. The molecule has 2 aromatic heterocycles. The monoisotopic (exact) mass is 448 g/mol. The topological polar surface area (TPSA) is 76.3 Å². The van der Waals surface area contributed by atoms with Gasteiger partial charge in [-0.15, -0.1) is 11.3 Å². The van der Waals surface area contributed by atoms with Crippen molar-refractivity contribution < 1.29 is 4.79 Å². The van der Waals surface area contributed by atoms with E-state index < -0.39 is 5.91 Å². The molecule has 1 aliphatic rings. The van der Waals surface area contributed by atoms with Gasteiger partial charge in [0.15, 0.2) is 0 Å². The van der Waals surface area contributed by atoms with Gasteiger partial charge in [0, 0.05) is 4.88 Å². The zero-order chi connectivity index (χ0) is 20.5. The largest absolute Gasteiger partial charge is 0.289 e. The number of hydrogen-bond acceptors (Lipinski definition) is 5. The van der Waals surface area contributed by atoms with Gasteiger partial charge in [-0.25, -0.2) is 10.4 Å². The van der Waals surface area contributed by atoms with Gasteiger partial charge >= 0.3 is 0 Å². The number of aryl methyl sites for hydroxylation is 1. The summed E-state index contributed by atoms with van der Waals surface area (Å²) in [5.74, 6) is 0.208. The lowest BCUT2D eigenvalue weighted by atomic mass is 9.89. The van der Waals surface area contributed by atoms with Gasteiger partial charge in [0.05, 0.1) is 28.0 Å². The maximum atomic E-state index is 12.9. The molecule has 3 aromatic rings. The normalized spacial score (nSPS) is 16.3. The number of hydrazone groups is 1. The number of rotatable bonds is 4. The highest BCUT2D eigenvalue weighted by molar-refractivity contribution is 7.18. The highest BCUT2D eigenvalue weighted by atomic mass is 35.5. The Hall–Kier alpha value is -2.22. The van der Waals surface area contributed by atoms with Gasteiger partial charge in [-0.3, -0.25) is 14.2 Å². The lowest BCUT2D eigenvalue weighted by Crippen LogP contribution is -2.30. The van der Waals surface area contributed by atoms with E-state index in [9.17, 15) is 9.59 Å². The van der Waals surface area contributed by atoms with E-state index in [-0.39, 0.29) is 12.1 Å². The minimum absolute atomic E-state index is 0.151. The standard InChI is InChI=1S/C20H18Cl2N4O2S/c1-11-2-4-13-16(6-11)29-19-18(13)20(28)26(10-23-19)9-17(27)25-24-8-12-3-5-14(21)15(22)7-12/h3,5,7-8,10-11H,2,4,6,9H2,1H3,(H,25,27). The number of fused-ring (bicyclic) bond motifs is 3. The summed E-state index contributed by atoms with van der Waals surface area (Å²) < 4.78 is 1.33. The third kappa shape index (κ3) is 4.22. The summed E-state index contributed by atoms with van der Waals surface area (Å²) in [4.78, 5) is 31.6. The first-order valence-electron chi connectivity index (χ1n) is 9.19. The van der Waals surface area contributed by atoms with Crippen molar-refractivity contribution in [2.75, 3.05) is 0 Å². The Morgan fingerprint density at radius 2 is 2.24 bits per heavy atom. The van der Waals surface area contributed by atoms with E-state index in [1.165, 1.54) is 22.0 Å². The van der Waals surface area contributed by atoms with Crippen LogP contribution in [-0.2, 0) is 24.2 Å². The zero-order valence-corrected chi connectivity index (χ0v) is 17.9. The van der Waals surface area contributed by atoms with Crippen LogP contribution >= 0.6 is 34.5 Å². The first-order chi connectivity index (χ1) is 13.9. The number of nitrogens with zero attached hydrogens (tertiary/aromatic N) is 3. The molecule has 0 saturated carbocycles. The van der Waals surface area contributed by atoms with Crippen molar-refractivity contribution in [3.05, 3.63) is 60.9 Å². The fraction of sp³-hybridized carbons (Fsp3) is 0.300. The SMILES string of the molecule is CC1CCc2c(sc3ncn(CC(=O)NN=Cc4ccc(Cl)c(Cl)c4)c(=O)c23)C1. The van der Waals surface area contributed by atoms with Crippen molar-refractivity contribution in [2.45, 2.75) is 32.7 Å². The highest BCUT2D eigenvalue weighted by Gasteiger charge is 2.23. The third-order valence-electron chi connectivity index (χ3n) is 4.94. The molecule has 6 nitrogen and oxygen atoms in total. The number of thiophene rings is 1. The van der Waals surface area contributed by atoms with Crippen LogP contribution in [-0.4, -0.2) is 21.7 Å². The van der Waals surface area contributed by atoms with Gasteiger partial charge in [0.1, 0.15) is 11.4 Å². The minimum Gasteiger partial charge on any atom is -0.289 e. The second kappa shape index (κ2) is 8.26. The number of amides is 1. The molecule has 2 heterocycles. The van der Waals surface area contributed by atoms with Crippen molar-refractivity contribution in [2.24, 2.45) is 11.0 Å². The maximum Gasteiger partial charge on any atom is 0.262 e. The molecular formula is C20H18Cl2N4O2S. The Morgan fingerprint density at radius 3 is 3.03 bits per heavy atom. The molecule has 150 valence electrons. The molecule has 1 amide bonds. The maximum absolute atomic E-state index is 12.9. The Morgan fingerprint density at radius 1 is 1.41 bits per heavy atom. The van der Waals surface area contributed by atoms with Gasteiger partial charge in [-0.1, -0.05) is 36.2 Å². The summed E-state index contributed by atoms with van der Waals surface area (Å²) in [5, 5.41) is 5.42. The van der Waals surface area contributed by atoms with Crippen LogP contribution in [0.5, 0.6) is 0 Å². The summed E-state index contributed by atoms with van der Waals surface area (Å²) in [6.07, 6.45) is 5.83. The number of halogens is 2. The zero-order valence-electron chi connectivity index (χ0n) is 15.6. The Labute approximate surface area is 181 Å². The van der Waals surface area contributed by atoms with Gasteiger partial charge in [-0.2, -0.15) is 5.10 Å². The van der Waals surface area contributed by atoms with Crippen molar-refractivity contribution in [3.63, 3.8) is 0 Å². The van der Waals surface area contributed by atoms with Crippen molar-refractivity contribution >= 4 is 56.9 Å². The number of aromatic nitrogens is 2. The van der Waals surface area contributed by atoms with Gasteiger partial charge in [0.25, 0.3) is 11.5 Å². The number of benzene rings is 1. The quantitative estimate of drug-likeness (QED) is 0.483. The lowest BCUT2D eigenvalue weighted by molar-refractivity contribution is -0.121. The van der Waals surface area contributed by atoms with E-state index in [1.807, 2.05) is 0 Å². The van der Waals surface area contributed by atoms with Gasteiger partial charge in [0.2, 0.25) is 0 Å². The first kappa shape index (κ1) is 20.1. The van der Waals surface area contributed by atoms with E-state index >= 15 is 0 Å². The summed E-state index contributed by atoms with van der Waals surface area (Å²) in [6.45, 7) is 2.07. The summed E-state index contributed by atoms with van der Waals surface area (Å²) >= 11 is 13.4. The van der Waals surface area contributed by atoms with Crippen LogP contribution in [0.1, 0.15) is 29.3 Å². The van der Waals surface area contributed by atoms with Crippen LogP contribution in [0.2, 0.25) is 10.0 Å². The number of carbonyl (C=O) groups excluding carboxylic acids is 1. The van der Waals surface area contributed by atoms with Gasteiger partial charge < -0.3 is 0 Å². The first-order valence-corrected chi connectivity index (χ1v) is 10.8. The molecular weight excluding hydrogens is 431 g/mol. The second-order valence-corrected chi connectivity index (χ2v) is 9.07. The number of nitrogens with one attached hydrogen (secondary N) is 1. The molecule has 1 aliphatic carbocycles. The molecule has 1 unspecified atom stereocenters.